The van der Waals surface area contributed by atoms with E-state index in [1.54, 1.807) is 0 Å². The van der Waals surface area contributed by atoms with Gasteiger partial charge in [-0.25, -0.2) is 0 Å². The van der Waals surface area contributed by atoms with Crippen LogP contribution in [-0.4, -0.2) is 29.7 Å². The van der Waals surface area contributed by atoms with Gasteiger partial charge in [-0.1, -0.05) is 13.8 Å². The maximum Gasteiger partial charge on any atom is 0.163 e. The van der Waals surface area contributed by atoms with Crippen molar-refractivity contribution in [2.45, 2.75) is 45.7 Å². The van der Waals surface area contributed by atoms with Crippen LogP contribution in [0.3, 0.4) is 0 Å². The van der Waals surface area contributed by atoms with Crippen LogP contribution in [0.25, 0.3) is 0 Å². The van der Waals surface area contributed by atoms with E-state index >= 15 is 0 Å². The topological polar surface area (TPSA) is 38.7 Å². The van der Waals surface area contributed by atoms with E-state index in [9.17, 15) is 5.11 Å². The minimum absolute atomic E-state index is 0.167. The molecular formula is C9H18O3. The Hall–Kier alpha value is -0.120. The fourth-order valence-corrected chi connectivity index (χ4v) is 1.31. The molecule has 1 aliphatic heterocycles. The predicted molar refractivity (Wildman–Crippen MR) is 45.7 cm³/mol. The van der Waals surface area contributed by atoms with E-state index in [1.165, 1.54) is 0 Å². The van der Waals surface area contributed by atoms with Gasteiger partial charge in [0.25, 0.3) is 0 Å². The summed E-state index contributed by atoms with van der Waals surface area (Å²) in [7, 11) is 0. The third-order valence-electron chi connectivity index (χ3n) is 2.09. The molecule has 1 saturated heterocycles. The van der Waals surface area contributed by atoms with Crippen molar-refractivity contribution in [1.29, 1.82) is 0 Å². The van der Waals surface area contributed by atoms with Crippen LogP contribution in [0.4, 0.5) is 0 Å². The Morgan fingerprint density at radius 1 is 1.42 bits per heavy atom. The summed E-state index contributed by atoms with van der Waals surface area (Å²) in [4.78, 5) is 0. The summed E-state index contributed by atoms with van der Waals surface area (Å²) in [6, 6.07) is 0. The zero-order valence-electron chi connectivity index (χ0n) is 8.20. The first kappa shape index (κ1) is 9.96. The van der Waals surface area contributed by atoms with Gasteiger partial charge in [0, 0.05) is 0 Å². The van der Waals surface area contributed by atoms with E-state index in [-0.39, 0.29) is 12.0 Å². The summed E-state index contributed by atoms with van der Waals surface area (Å²) in [5, 5.41) is 9.65. The predicted octanol–water partition coefficient (Wildman–Crippen LogP) is 1.15. The molecule has 3 heteroatoms. The molecule has 0 spiro atoms. The van der Waals surface area contributed by atoms with E-state index in [1.807, 2.05) is 27.7 Å². The van der Waals surface area contributed by atoms with Crippen molar-refractivity contribution >= 4 is 0 Å². The molecule has 0 radical (unpaired) electrons. The Balaban J connectivity index is 2.47. The highest BCUT2D eigenvalue weighted by Gasteiger charge is 2.37. The number of aliphatic hydroxyl groups is 1. The lowest BCUT2D eigenvalue weighted by atomic mass is 10.0. The molecule has 1 rings (SSSR count). The summed E-state index contributed by atoms with van der Waals surface area (Å²) >= 11 is 0. The van der Waals surface area contributed by atoms with Crippen LogP contribution >= 0.6 is 0 Å². The largest absolute Gasteiger partial charge is 0.390 e. The second-order valence-electron chi connectivity index (χ2n) is 4.10. The summed E-state index contributed by atoms with van der Waals surface area (Å²) < 4.78 is 10.8. The van der Waals surface area contributed by atoms with Crippen LogP contribution < -0.4 is 0 Å². The summed E-state index contributed by atoms with van der Waals surface area (Å²) in [5.74, 6) is -0.312. The molecule has 72 valence electrons. The van der Waals surface area contributed by atoms with Gasteiger partial charge in [-0.3, -0.25) is 0 Å². The molecule has 1 N–H and O–H groups in total. The van der Waals surface area contributed by atoms with Crippen molar-refractivity contribution in [3.63, 3.8) is 0 Å². The summed E-state index contributed by atoms with van der Waals surface area (Å²) in [5.41, 5.74) is 0. The Bertz CT molecular complexity index is 154. The molecule has 0 aliphatic carbocycles. The van der Waals surface area contributed by atoms with Crippen molar-refractivity contribution in [3.05, 3.63) is 0 Å². The van der Waals surface area contributed by atoms with Crippen LogP contribution in [0.1, 0.15) is 27.7 Å². The van der Waals surface area contributed by atoms with Crippen molar-refractivity contribution in [2.75, 3.05) is 6.61 Å². The number of hydrogen-bond acceptors (Lipinski definition) is 3. The van der Waals surface area contributed by atoms with E-state index < -0.39 is 11.9 Å². The second-order valence-corrected chi connectivity index (χ2v) is 4.10. The van der Waals surface area contributed by atoms with Gasteiger partial charge >= 0.3 is 0 Å². The molecule has 0 bridgehead atoms. The first-order chi connectivity index (χ1) is 5.42. The van der Waals surface area contributed by atoms with Gasteiger partial charge in [-0.2, -0.15) is 0 Å². The van der Waals surface area contributed by atoms with Gasteiger partial charge < -0.3 is 14.6 Å². The summed E-state index contributed by atoms with van der Waals surface area (Å²) in [6.45, 7) is 8.16. The zero-order chi connectivity index (χ0) is 9.35. The second kappa shape index (κ2) is 3.32. The fraction of sp³-hybridized carbons (Fsp3) is 1.00. The third kappa shape index (κ3) is 2.19. The molecule has 2 atom stereocenters. The SMILES string of the molecule is CC(C)[C@@H](O)C1COC(C)(C)O1. The first-order valence-electron chi connectivity index (χ1n) is 4.42. The molecule has 0 aromatic rings. The minimum Gasteiger partial charge on any atom is -0.390 e. The lowest BCUT2D eigenvalue weighted by Gasteiger charge is -2.22. The maximum atomic E-state index is 9.65. The van der Waals surface area contributed by atoms with Gasteiger partial charge in [-0.15, -0.1) is 0 Å². The molecule has 0 aromatic carbocycles. The monoisotopic (exact) mass is 174 g/mol. The molecular weight excluding hydrogens is 156 g/mol. The van der Waals surface area contributed by atoms with Crippen molar-refractivity contribution in [2.24, 2.45) is 5.92 Å². The average Bonchev–Trinajstić information content (AvgIpc) is 2.28. The van der Waals surface area contributed by atoms with Crippen molar-refractivity contribution in [1.82, 2.24) is 0 Å². The van der Waals surface area contributed by atoms with Crippen molar-refractivity contribution in [3.8, 4) is 0 Å². The highest BCUT2D eigenvalue weighted by atomic mass is 16.7. The van der Waals surface area contributed by atoms with Gasteiger partial charge in [0.2, 0.25) is 0 Å². The van der Waals surface area contributed by atoms with E-state index in [2.05, 4.69) is 0 Å². The molecule has 3 nitrogen and oxygen atoms in total. The van der Waals surface area contributed by atoms with E-state index in [0.29, 0.717) is 6.61 Å². The van der Waals surface area contributed by atoms with Gasteiger partial charge in [0.15, 0.2) is 5.79 Å². The van der Waals surface area contributed by atoms with Crippen LogP contribution in [-0.2, 0) is 9.47 Å². The highest BCUT2D eigenvalue weighted by Crippen LogP contribution is 2.26. The van der Waals surface area contributed by atoms with Crippen LogP contribution in [0.5, 0.6) is 0 Å². The smallest absolute Gasteiger partial charge is 0.163 e. The number of ether oxygens (including phenoxy) is 2. The highest BCUT2D eigenvalue weighted by molar-refractivity contribution is 4.79. The normalized spacial score (nSPS) is 31.0. The lowest BCUT2D eigenvalue weighted by molar-refractivity contribution is -0.154. The Labute approximate surface area is 73.7 Å². The Morgan fingerprint density at radius 2 is 2.00 bits per heavy atom. The maximum absolute atomic E-state index is 9.65. The number of aliphatic hydroxyl groups excluding tert-OH is 1. The fourth-order valence-electron chi connectivity index (χ4n) is 1.31. The molecule has 0 saturated carbocycles. The zero-order valence-corrected chi connectivity index (χ0v) is 8.20. The Morgan fingerprint density at radius 3 is 2.33 bits per heavy atom. The lowest BCUT2D eigenvalue weighted by Crippen LogP contribution is -2.34. The molecule has 0 aromatic heterocycles. The van der Waals surface area contributed by atoms with Crippen LogP contribution in [0, 0.1) is 5.92 Å². The molecule has 1 heterocycles. The third-order valence-corrected chi connectivity index (χ3v) is 2.09. The van der Waals surface area contributed by atoms with E-state index in [4.69, 9.17) is 9.47 Å². The molecule has 1 fully saturated rings. The molecule has 0 amide bonds. The molecule has 1 unspecified atom stereocenters. The van der Waals surface area contributed by atoms with Gasteiger partial charge in [-0.05, 0) is 19.8 Å². The average molecular weight is 174 g/mol. The van der Waals surface area contributed by atoms with E-state index in [0.717, 1.165) is 0 Å². The summed E-state index contributed by atoms with van der Waals surface area (Å²) in [6.07, 6.45) is -0.591. The standard InChI is InChI=1S/C9H18O3/c1-6(2)8(10)7-5-11-9(3,4)12-7/h6-8,10H,5H2,1-4H3/t7?,8-/m1/s1. The quantitative estimate of drug-likeness (QED) is 0.682. The van der Waals surface area contributed by atoms with Gasteiger partial charge in [0.1, 0.15) is 6.10 Å². The Kier molecular flexibility index (Phi) is 2.76. The minimum atomic E-state index is -0.527. The van der Waals surface area contributed by atoms with Gasteiger partial charge in [0.05, 0.1) is 12.7 Å². The van der Waals surface area contributed by atoms with Crippen LogP contribution in [0.2, 0.25) is 0 Å². The molecule has 1 aliphatic rings. The van der Waals surface area contributed by atoms with Crippen molar-refractivity contribution < 1.29 is 14.6 Å². The van der Waals surface area contributed by atoms with Crippen LogP contribution in [0.15, 0.2) is 0 Å². The molecule has 12 heavy (non-hydrogen) atoms. The number of hydrogen-bond donors (Lipinski definition) is 1. The first-order valence-corrected chi connectivity index (χ1v) is 4.42. The number of rotatable bonds is 2.